The number of nitrogens with zero attached hydrogens (tertiary/aromatic N) is 2. The molecule has 1 aliphatic rings. The average molecular weight is 412 g/mol. The van der Waals surface area contributed by atoms with Crippen molar-refractivity contribution in [2.45, 2.75) is 13.0 Å². The Hall–Kier alpha value is -1.79. The minimum absolute atomic E-state index is 0.113. The monoisotopic (exact) mass is 410 g/mol. The largest absolute Gasteiger partial charge is 0.486 e. The summed E-state index contributed by atoms with van der Waals surface area (Å²) >= 11 is 9.44. The van der Waals surface area contributed by atoms with Crippen LogP contribution in [0.25, 0.3) is 0 Å². The van der Waals surface area contributed by atoms with Crippen molar-refractivity contribution in [3.63, 3.8) is 0 Å². The van der Waals surface area contributed by atoms with Gasteiger partial charge in [-0.15, -0.1) is 0 Å². The van der Waals surface area contributed by atoms with E-state index >= 15 is 0 Å². The number of aromatic nitrogens is 1. The van der Waals surface area contributed by atoms with Gasteiger partial charge in [0.05, 0.1) is 23.7 Å². The van der Waals surface area contributed by atoms with Gasteiger partial charge in [-0.05, 0) is 31.2 Å². The van der Waals surface area contributed by atoms with Crippen molar-refractivity contribution in [2.24, 2.45) is 7.05 Å². The number of hydrogen-bond acceptors (Lipinski definition) is 3. The predicted octanol–water partition coefficient (Wildman–Crippen LogP) is 3.01. The number of hydrogen-bond donors (Lipinski definition) is 0. The highest BCUT2D eigenvalue weighted by atomic mass is 79.9. The normalized spacial score (nSPS) is 14.4. The van der Waals surface area contributed by atoms with E-state index in [9.17, 15) is 9.59 Å². The highest BCUT2D eigenvalue weighted by Gasteiger charge is 2.33. The molecule has 0 spiro atoms. The van der Waals surface area contributed by atoms with Gasteiger partial charge in [-0.2, -0.15) is 0 Å². The van der Waals surface area contributed by atoms with E-state index in [-0.39, 0.29) is 17.6 Å². The summed E-state index contributed by atoms with van der Waals surface area (Å²) in [6, 6.07) is 8.47. The number of amides is 1. The molecule has 0 atom stereocenters. The summed E-state index contributed by atoms with van der Waals surface area (Å²) in [6.45, 7) is 2.78. The molecule has 1 saturated heterocycles. The van der Waals surface area contributed by atoms with E-state index in [1.165, 1.54) is 6.07 Å². The molecule has 7 heteroatoms. The molecular formula is C17H16BrClN2O3. The first-order valence-corrected chi connectivity index (χ1v) is 8.61. The minimum atomic E-state index is -0.124. The van der Waals surface area contributed by atoms with E-state index in [0.29, 0.717) is 29.4 Å². The van der Waals surface area contributed by atoms with Crippen LogP contribution in [-0.4, -0.2) is 34.6 Å². The van der Waals surface area contributed by atoms with Gasteiger partial charge in [-0.3, -0.25) is 9.59 Å². The molecule has 0 radical (unpaired) electrons. The molecule has 1 aromatic carbocycles. The molecule has 5 nitrogen and oxygen atoms in total. The van der Waals surface area contributed by atoms with Crippen LogP contribution in [0.1, 0.15) is 16.1 Å². The van der Waals surface area contributed by atoms with Crippen molar-refractivity contribution in [2.75, 3.05) is 13.1 Å². The summed E-state index contributed by atoms with van der Waals surface area (Å²) in [5.41, 5.74) is 1.18. The third-order valence-electron chi connectivity index (χ3n) is 4.07. The summed E-state index contributed by atoms with van der Waals surface area (Å²) in [4.78, 5) is 25.9. The number of halogens is 2. The first-order chi connectivity index (χ1) is 11.3. The number of likely N-dealkylation sites (tertiary alicyclic amines) is 1. The van der Waals surface area contributed by atoms with Crippen LogP contribution in [0.2, 0.25) is 5.02 Å². The van der Waals surface area contributed by atoms with Crippen LogP contribution in [0.5, 0.6) is 5.75 Å². The van der Waals surface area contributed by atoms with Crippen molar-refractivity contribution >= 4 is 33.4 Å². The lowest BCUT2D eigenvalue weighted by Gasteiger charge is -2.39. The van der Waals surface area contributed by atoms with Crippen molar-refractivity contribution in [3.8, 4) is 5.75 Å². The van der Waals surface area contributed by atoms with Gasteiger partial charge in [0.1, 0.15) is 11.9 Å². The Morgan fingerprint density at radius 2 is 2.00 bits per heavy atom. The van der Waals surface area contributed by atoms with Gasteiger partial charge in [0.2, 0.25) is 0 Å². The van der Waals surface area contributed by atoms with E-state index < -0.39 is 0 Å². The lowest BCUT2D eigenvalue weighted by Crippen LogP contribution is -2.56. The van der Waals surface area contributed by atoms with Crippen LogP contribution in [0, 0.1) is 6.92 Å². The maximum atomic E-state index is 12.5. The zero-order chi connectivity index (χ0) is 17.4. The lowest BCUT2D eigenvalue weighted by atomic mass is 10.1. The zero-order valence-corrected chi connectivity index (χ0v) is 15.6. The second kappa shape index (κ2) is 6.61. The zero-order valence-electron chi connectivity index (χ0n) is 13.3. The number of aryl methyl sites for hydroxylation is 1. The Morgan fingerprint density at radius 3 is 2.67 bits per heavy atom. The van der Waals surface area contributed by atoms with Crippen molar-refractivity contribution in [1.29, 1.82) is 0 Å². The number of rotatable bonds is 3. The third-order valence-corrected chi connectivity index (χ3v) is 4.90. The number of carbonyl (C=O) groups excluding carboxylic acids is 1. The number of pyridine rings is 1. The van der Waals surface area contributed by atoms with Gasteiger partial charge in [0.25, 0.3) is 11.5 Å². The van der Waals surface area contributed by atoms with E-state index in [2.05, 4.69) is 15.9 Å². The molecule has 24 heavy (non-hydrogen) atoms. The molecule has 0 saturated carbocycles. The third kappa shape index (κ3) is 3.35. The summed E-state index contributed by atoms with van der Waals surface area (Å²) in [5.74, 6) is 0.412. The topological polar surface area (TPSA) is 51.5 Å². The number of benzene rings is 1. The van der Waals surface area contributed by atoms with E-state index in [0.717, 1.165) is 10.2 Å². The van der Waals surface area contributed by atoms with Gasteiger partial charge in [-0.1, -0.05) is 27.5 Å². The highest BCUT2D eigenvalue weighted by Crippen LogP contribution is 2.25. The fraction of sp³-hybridized carbons (Fsp3) is 0.294. The van der Waals surface area contributed by atoms with Crippen molar-refractivity contribution in [3.05, 3.63) is 61.4 Å². The molecular weight excluding hydrogens is 396 g/mol. The van der Waals surface area contributed by atoms with E-state index in [1.807, 2.05) is 13.0 Å². The van der Waals surface area contributed by atoms with E-state index in [4.69, 9.17) is 16.3 Å². The minimum Gasteiger partial charge on any atom is -0.486 e. The highest BCUT2D eigenvalue weighted by molar-refractivity contribution is 9.10. The first-order valence-electron chi connectivity index (χ1n) is 7.44. The summed E-state index contributed by atoms with van der Waals surface area (Å²) < 4.78 is 8.15. The first kappa shape index (κ1) is 17.0. The SMILES string of the molecule is Cc1cc(OC2CN(C(=O)c3cc(Br)ccc3Cl)C2)cc(=O)n1C. The molecule has 1 aromatic heterocycles. The molecule has 0 N–H and O–H groups in total. The van der Waals surface area contributed by atoms with Crippen LogP contribution in [-0.2, 0) is 7.05 Å². The predicted molar refractivity (Wildman–Crippen MR) is 95.9 cm³/mol. The van der Waals surface area contributed by atoms with Crippen molar-refractivity contribution < 1.29 is 9.53 Å². The van der Waals surface area contributed by atoms with Crippen LogP contribution in [0.4, 0.5) is 0 Å². The fourth-order valence-electron chi connectivity index (χ4n) is 2.51. The Morgan fingerprint density at radius 1 is 1.29 bits per heavy atom. The molecule has 1 fully saturated rings. The standard InChI is InChI=1S/C17H16BrClN2O3/c1-10-5-12(7-16(22)20(10)2)24-13-8-21(9-13)17(23)14-6-11(18)3-4-15(14)19/h3-7,13H,8-9H2,1-2H3. The summed E-state index contributed by atoms with van der Waals surface area (Å²) in [7, 11) is 1.72. The second-order valence-corrected chi connectivity index (χ2v) is 7.13. The lowest BCUT2D eigenvalue weighted by molar-refractivity contribution is 0.0177. The van der Waals surface area contributed by atoms with Crippen LogP contribution < -0.4 is 10.3 Å². The van der Waals surface area contributed by atoms with Gasteiger partial charge >= 0.3 is 0 Å². The molecule has 1 aliphatic heterocycles. The Kier molecular flexibility index (Phi) is 4.69. The van der Waals surface area contributed by atoms with Crippen molar-refractivity contribution in [1.82, 2.24) is 9.47 Å². The molecule has 2 aromatic rings. The average Bonchev–Trinajstić information content (AvgIpc) is 2.49. The van der Waals surface area contributed by atoms with Gasteiger partial charge in [-0.25, -0.2) is 0 Å². The molecule has 0 bridgehead atoms. The van der Waals surface area contributed by atoms with Crippen LogP contribution in [0.3, 0.4) is 0 Å². The Balaban J connectivity index is 1.64. The molecule has 0 unspecified atom stereocenters. The van der Waals surface area contributed by atoms with Gasteiger partial charge < -0.3 is 14.2 Å². The smallest absolute Gasteiger partial charge is 0.255 e. The maximum absolute atomic E-state index is 12.5. The molecule has 2 heterocycles. The summed E-state index contributed by atoms with van der Waals surface area (Å²) in [6.07, 6.45) is -0.119. The molecule has 3 rings (SSSR count). The Labute approximate surface area is 152 Å². The van der Waals surface area contributed by atoms with Gasteiger partial charge in [0.15, 0.2) is 0 Å². The van der Waals surface area contributed by atoms with Gasteiger partial charge in [0, 0.05) is 23.3 Å². The molecule has 0 aliphatic carbocycles. The fourth-order valence-corrected chi connectivity index (χ4v) is 3.07. The summed E-state index contributed by atoms with van der Waals surface area (Å²) in [5, 5.41) is 0.426. The van der Waals surface area contributed by atoms with Crippen LogP contribution >= 0.6 is 27.5 Å². The number of carbonyl (C=O) groups is 1. The Bertz CT molecular complexity index is 859. The maximum Gasteiger partial charge on any atom is 0.255 e. The molecule has 126 valence electrons. The quantitative estimate of drug-likeness (QED) is 0.780. The second-order valence-electron chi connectivity index (χ2n) is 5.80. The van der Waals surface area contributed by atoms with E-state index in [1.54, 1.807) is 34.7 Å². The molecule has 1 amide bonds. The van der Waals surface area contributed by atoms with Crippen LogP contribution in [0.15, 0.2) is 39.6 Å². The number of ether oxygens (including phenoxy) is 1.